The molecule has 1 aliphatic heterocycles. The molecule has 0 unspecified atom stereocenters. The molecule has 1 saturated carbocycles. The molecule has 1 amide bonds. The van der Waals surface area contributed by atoms with Gasteiger partial charge in [-0.25, -0.2) is 5.01 Å². The van der Waals surface area contributed by atoms with Gasteiger partial charge in [-0.05, 0) is 43.9 Å². The van der Waals surface area contributed by atoms with Crippen LogP contribution >= 0.6 is 0 Å². The molecule has 0 radical (unpaired) electrons. The lowest BCUT2D eigenvalue weighted by Crippen LogP contribution is -2.48. The average Bonchev–Trinajstić information content (AvgIpc) is 3.22. The summed E-state index contributed by atoms with van der Waals surface area (Å²) >= 11 is 0. The molecule has 3 aliphatic rings. The average molecular weight is 390 g/mol. The van der Waals surface area contributed by atoms with E-state index < -0.39 is 6.61 Å². The van der Waals surface area contributed by atoms with Gasteiger partial charge < -0.3 is 9.47 Å². The number of halogens is 2. The van der Waals surface area contributed by atoms with Gasteiger partial charge in [0, 0.05) is 11.5 Å². The van der Waals surface area contributed by atoms with Crippen molar-refractivity contribution in [2.24, 2.45) is 16.9 Å². The molecule has 1 heterocycles. The zero-order valence-corrected chi connectivity index (χ0v) is 15.8. The highest BCUT2D eigenvalue weighted by atomic mass is 19.3. The summed E-state index contributed by atoms with van der Waals surface area (Å²) in [7, 11) is 1.41. The number of nitrogens with zero attached hydrogens (tertiary/aromatic N) is 2. The number of allylic oxidation sites excluding steroid dienone is 2. The zero-order valence-electron chi connectivity index (χ0n) is 15.8. The Labute approximate surface area is 163 Å². The Hall–Kier alpha value is -2.44. The maximum Gasteiger partial charge on any atom is 0.387 e. The minimum atomic E-state index is -2.95. The van der Waals surface area contributed by atoms with Crippen molar-refractivity contribution in [3.05, 3.63) is 35.9 Å². The molecule has 7 heteroatoms. The van der Waals surface area contributed by atoms with Gasteiger partial charge in [0.2, 0.25) is 5.91 Å². The first kappa shape index (κ1) is 18.9. The minimum Gasteiger partial charge on any atom is -0.493 e. The summed E-state index contributed by atoms with van der Waals surface area (Å²) in [5.74, 6) is 0.0966. The number of benzene rings is 1. The van der Waals surface area contributed by atoms with Crippen molar-refractivity contribution in [3.63, 3.8) is 0 Å². The molecule has 1 aromatic carbocycles. The number of ether oxygens (including phenoxy) is 2. The second-order valence-corrected chi connectivity index (χ2v) is 7.51. The van der Waals surface area contributed by atoms with E-state index in [9.17, 15) is 13.6 Å². The summed E-state index contributed by atoms with van der Waals surface area (Å²) in [6.07, 6.45) is 9.62. The Morgan fingerprint density at radius 3 is 2.50 bits per heavy atom. The van der Waals surface area contributed by atoms with Crippen molar-refractivity contribution in [2.45, 2.75) is 51.2 Å². The molecule has 2 atom stereocenters. The van der Waals surface area contributed by atoms with Crippen LogP contribution < -0.4 is 9.47 Å². The predicted octanol–water partition coefficient (Wildman–Crippen LogP) is 4.37. The largest absolute Gasteiger partial charge is 0.493 e. The van der Waals surface area contributed by atoms with Crippen LogP contribution in [0.3, 0.4) is 0 Å². The molecular formula is C21H24F2N2O3. The topological polar surface area (TPSA) is 51.1 Å². The molecular weight excluding hydrogens is 366 g/mol. The van der Waals surface area contributed by atoms with Crippen LogP contribution in [0, 0.1) is 11.8 Å². The first-order valence-electron chi connectivity index (χ1n) is 9.78. The lowest BCUT2D eigenvalue weighted by atomic mass is 9.76. The summed E-state index contributed by atoms with van der Waals surface area (Å²) in [5, 5.41) is 6.43. The van der Waals surface area contributed by atoms with Crippen LogP contribution in [0.25, 0.3) is 0 Å². The molecule has 0 bridgehead atoms. The number of hydrogen-bond acceptors (Lipinski definition) is 4. The van der Waals surface area contributed by atoms with E-state index in [0.29, 0.717) is 18.4 Å². The fourth-order valence-electron chi connectivity index (χ4n) is 4.51. The molecule has 150 valence electrons. The molecule has 0 saturated heterocycles. The van der Waals surface area contributed by atoms with Gasteiger partial charge in [0.1, 0.15) is 0 Å². The van der Waals surface area contributed by atoms with E-state index in [2.05, 4.69) is 10.8 Å². The normalized spacial score (nSPS) is 25.1. The third kappa shape index (κ3) is 3.50. The van der Waals surface area contributed by atoms with Gasteiger partial charge >= 0.3 is 6.61 Å². The van der Waals surface area contributed by atoms with Gasteiger partial charge in [-0.15, -0.1) is 0 Å². The highest BCUT2D eigenvalue weighted by molar-refractivity contribution is 6.07. The predicted molar refractivity (Wildman–Crippen MR) is 101 cm³/mol. The van der Waals surface area contributed by atoms with Crippen molar-refractivity contribution in [1.29, 1.82) is 0 Å². The Bertz CT molecular complexity index is 803. The standard InChI is InChI=1S/C21H24F2N2O3/c1-27-17-11-10-13(12-18(17)28-21(22)23)19-15-8-4-5-9-16(15)20(26)25(24-19)14-6-2-3-7-14/h4-5,10-12,14-16,21H,2-3,6-9H2,1H3/t15-,16+/m1/s1. The van der Waals surface area contributed by atoms with Gasteiger partial charge in [0.05, 0.1) is 24.8 Å². The van der Waals surface area contributed by atoms with E-state index in [1.807, 2.05) is 6.08 Å². The van der Waals surface area contributed by atoms with E-state index in [0.717, 1.165) is 31.4 Å². The van der Waals surface area contributed by atoms with Crippen LogP contribution in [0.1, 0.15) is 44.1 Å². The molecule has 2 aliphatic carbocycles. The Morgan fingerprint density at radius 2 is 1.82 bits per heavy atom. The van der Waals surface area contributed by atoms with Crippen LogP contribution in [0.4, 0.5) is 8.78 Å². The molecule has 0 aromatic heterocycles. The van der Waals surface area contributed by atoms with Crippen LogP contribution in [0.2, 0.25) is 0 Å². The summed E-state index contributed by atoms with van der Waals surface area (Å²) < 4.78 is 35.4. The highest BCUT2D eigenvalue weighted by Gasteiger charge is 2.42. The van der Waals surface area contributed by atoms with Gasteiger partial charge in [-0.3, -0.25) is 4.79 Å². The lowest BCUT2D eigenvalue weighted by Gasteiger charge is -2.39. The maximum atomic E-state index is 13.1. The van der Waals surface area contributed by atoms with Gasteiger partial charge in [-0.2, -0.15) is 13.9 Å². The van der Waals surface area contributed by atoms with Crippen molar-refractivity contribution in [1.82, 2.24) is 5.01 Å². The van der Waals surface area contributed by atoms with E-state index in [1.165, 1.54) is 7.11 Å². The number of hydrogen-bond donors (Lipinski definition) is 0. The second-order valence-electron chi connectivity index (χ2n) is 7.51. The fraction of sp³-hybridized carbons (Fsp3) is 0.524. The number of methoxy groups -OCH3 is 1. The molecule has 4 rings (SSSR count). The third-order valence-corrected chi connectivity index (χ3v) is 5.89. The lowest BCUT2D eigenvalue weighted by molar-refractivity contribution is -0.140. The van der Waals surface area contributed by atoms with E-state index in [4.69, 9.17) is 9.84 Å². The molecule has 1 fully saturated rings. The summed E-state index contributed by atoms with van der Waals surface area (Å²) in [5.41, 5.74) is 1.46. The quantitative estimate of drug-likeness (QED) is 0.702. The summed E-state index contributed by atoms with van der Waals surface area (Å²) in [6, 6.07) is 5.08. The number of carbonyl (C=O) groups is 1. The molecule has 0 spiro atoms. The number of rotatable bonds is 5. The van der Waals surface area contributed by atoms with Crippen LogP contribution in [0.5, 0.6) is 11.5 Å². The van der Waals surface area contributed by atoms with Crippen LogP contribution in [-0.2, 0) is 4.79 Å². The molecule has 5 nitrogen and oxygen atoms in total. The zero-order chi connectivity index (χ0) is 19.7. The number of carbonyl (C=O) groups excluding carboxylic acids is 1. The first-order valence-corrected chi connectivity index (χ1v) is 9.78. The number of alkyl halides is 2. The smallest absolute Gasteiger partial charge is 0.387 e. The minimum absolute atomic E-state index is 0.0232. The van der Waals surface area contributed by atoms with E-state index in [1.54, 1.807) is 23.2 Å². The van der Waals surface area contributed by atoms with Crippen molar-refractivity contribution in [2.75, 3.05) is 7.11 Å². The maximum absolute atomic E-state index is 13.1. The second kappa shape index (κ2) is 7.89. The van der Waals surface area contributed by atoms with Crippen molar-refractivity contribution in [3.8, 4) is 11.5 Å². The van der Waals surface area contributed by atoms with Crippen LogP contribution in [-0.4, -0.2) is 36.4 Å². The molecule has 1 aromatic rings. The Kier molecular flexibility index (Phi) is 5.33. The number of amides is 1. The van der Waals surface area contributed by atoms with Crippen molar-refractivity contribution < 1.29 is 23.0 Å². The molecule has 28 heavy (non-hydrogen) atoms. The monoisotopic (exact) mass is 390 g/mol. The number of fused-ring (bicyclic) bond motifs is 1. The van der Waals surface area contributed by atoms with Gasteiger partial charge in [0.15, 0.2) is 11.5 Å². The van der Waals surface area contributed by atoms with Crippen molar-refractivity contribution >= 4 is 11.6 Å². The Balaban J connectivity index is 1.75. The van der Waals surface area contributed by atoms with Crippen LogP contribution in [0.15, 0.2) is 35.5 Å². The SMILES string of the molecule is COc1ccc(C2=NN(C3CCCC3)C(=O)[C@H]3CC=CC[C@@H]23)cc1OC(F)F. The summed E-state index contributed by atoms with van der Waals surface area (Å²) in [4.78, 5) is 13.1. The number of hydrazone groups is 1. The summed E-state index contributed by atoms with van der Waals surface area (Å²) in [6.45, 7) is -2.95. The third-order valence-electron chi connectivity index (χ3n) is 5.89. The van der Waals surface area contributed by atoms with E-state index >= 15 is 0 Å². The van der Waals surface area contributed by atoms with Gasteiger partial charge in [0.25, 0.3) is 0 Å². The fourth-order valence-corrected chi connectivity index (χ4v) is 4.51. The molecule has 0 N–H and O–H groups in total. The highest BCUT2D eigenvalue weighted by Crippen LogP contribution is 2.39. The first-order chi connectivity index (χ1) is 13.6. The van der Waals surface area contributed by atoms with E-state index in [-0.39, 0.29) is 35.3 Å². The Morgan fingerprint density at radius 1 is 1.11 bits per heavy atom. The van der Waals surface area contributed by atoms with Gasteiger partial charge in [-0.1, -0.05) is 25.0 Å².